The van der Waals surface area contributed by atoms with E-state index in [0.717, 1.165) is 4.88 Å². The first-order chi connectivity index (χ1) is 12.0. The molecule has 0 spiro atoms. The van der Waals surface area contributed by atoms with Crippen LogP contribution in [0.3, 0.4) is 0 Å². The molecule has 2 aromatic heterocycles. The molecule has 0 radical (unpaired) electrons. The van der Waals surface area contributed by atoms with Gasteiger partial charge in [-0.3, -0.25) is 0 Å². The topological polar surface area (TPSA) is 97.3 Å². The molecule has 8 heteroatoms. The summed E-state index contributed by atoms with van der Waals surface area (Å²) in [5.41, 5.74) is 0.486. The van der Waals surface area contributed by atoms with Crippen LogP contribution in [0.4, 0.5) is 11.7 Å². The molecule has 3 aromatic rings. The zero-order valence-corrected chi connectivity index (χ0v) is 14.9. The number of carbonyl (C=O) groups excluding carboxylic acids is 1. The van der Waals surface area contributed by atoms with E-state index in [4.69, 9.17) is 9.15 Å². The van der Waals surface area contributed by atoms with E-state index in [2.05, 4.69) is 15.2 Å². The van der Waals surface area contributed by atoms with Gasteiger partial charge in [-0.05, 0) is 26.0 Å². The van der Waals surface area contributed by atoms with Crippen LogP contribution in [0.1, 0.15) is 34.8 Å². The second-order valence-electron chi connectivity index (χ2n) is 5.27. The van der Waals surface area contributed by atoms with Gasteiger partial charge < -0.3 is 14.3 Å². The lowest BCUT2D eigenvalue weighted by Crippen LogP contribution is -2.04. The van der Waals surface area contributed by atoms with Gasteiger partial charge in [-0.1, -0.05) is 12.0 Å². The SMILES string of the molecule is CCOC(=O)c1cc(O)c2cc(C)sc2c1/N=N/c1ncc(CC)o1. The van der Waals surface area contributed by atoms with Gasteiger partial charge in [-0.2, -0.15) is 4.98 Å². The van der Waals surface area contributed by atoms with E-state index in [1.807, 2.05) is 19.9 Å². The number of carbonyl (C=O) groups is 1. The number of hydrogen-bond donors (Lipinski definition) is 1. The Morgan fingerprint density at radius 1 is 1.36 bits per heavy atom. The van der Waals surface area contributed by atoms with Crippen molar-refractivity contribution in [1.82, 2.24) is 4.98 Å². The van der Waals surface area contributed by atoms with E-state index in [0.29, 0.717) is 28.0 Å². The highest BCUT2D eigenvalue weighted by Gasteiger charge is 2.20. The highest BCUT2D eigenvalue weighted by molar-refractivity contribution is 7.19. The van der Waals surface area contributed by atoms with Crippen molar-refractivity contribution in [1.29, 1.82) is 0 Å². The van der Waals surface area contributed by atoms with Gasteiger partial charge in [0.05, 0.1) is 23.1 Å². The van der Waals surface area contributed by atoms with Crippen LogP contribution < -0.4 is 0 Å². The summed E-state index contributed by atoms with van der Waals surface area (Å²) in [5.74, 6) is 0.134. The highest BCUT2D eigenvalue weighted by atomic mass is 32.1. The van der Waals surface area contributed by atoms with Crippen molar-refractivity contribution in [3.63, 3.8) is 0 Å². The number of ether oxygens (including phenoxy) is 1. The molecule has 0 atom stereocenters. The number of aromatic nitrogens is 1. The van der Waals surface area contributed by atoms with Gasteiger partial charge in [-0.25, -0.2) is 4.79 Å². The number of azo groups is 1. The lowest BCUT2D eigenvalue weighted by molar-refractivity contribution is 0.0527. The fraction of sp³-hybridized carbons (Fsp3) is 0.294. The number of nitrogens with zero attached hydrogens (tertiary/aromatic N) is 3. The quantitative estimate of drug-likeness (QED) is 0.507. The smallest absolute Gasteiger partial charge is 0.341 e. The molecule has 0 unspecified atom stereocenters. The molecular weight excluding hydrogens is 342 g/mol. The third-order valence-corrected chi connectivity index (χ3v) is 4.56. The lowest BCUT2D eigenvalue weighted by atomic mass is 10.1. The number of esters is 1. The van der Waals surface area contributed by atoms with Crippen LogP contribution in [0.15, 0.2) is 33.0 Å². The zero-order chi connectivity index (χ0) is 18.0. The second kappa shape index (κ2) is 7.02. The second-order valence-corrected chi connectivity index (χ2v) is 6.53. The minimum Gasteiger partial charge on any atom is -0.507 e. The van der Waals surface area contributed by atoms with Gasteiger partial charge in [0.15, 0.2) is 0 Å². The molecule has 1 N–H and O–H groups in total. The van der Waals surface area contributed by atoms with E-state index in [1.165, 1.54) is 17.4 Å². The number of hydrogen-bond acceptors (Lipinski definition) is 8. The van der Waals surface area contributed by atoms with Crippen LogP contribution in [0.25, 0.3) is 10.1 Å². The molecule has 0 amide bonds. The van der Waals surface area contributed by atoms with Crippen LogP contribution in [-0.2, 0) is 11.2 Å². The third kappa shape index (κ3) is 3.39. The van der Waals surface area contributed by atoms with Crippen LogP contribution >= 0.6 is 11.3 Å². The predicted octanol–water partition coefficient (Wildman–Crippen LogP) is 5.06. The summed E-state index contributed by atoms with van der Waals surface area (Å²) in [4.78, 5) is 17.3. The van der Waals surface area contributed by atoms with Gasteiger partial charge in [0.25, 0.3) is 0 Å². The molecule has 130 valence electrons. The van der Waals surface area contributed by atoms with E-state index in [9.17, 15) is 9.90 Å². The zero-order valence-electron chi connectivity index (χ0n) is 14.1. The molecule has 0 saturated heterocycles. The first kappa shape index (κ1) is 17.1. The third-order valence-electron chi connectivity index (χ3n) is 3.50. The van der Waals surface area contributed by atoms with E-state index < -0.39 is 5.97 Å². The first-order valence-electron chi connectivity index (χ1n) is 7.83. The molecule has 3 rings (SSSR count). The summed E-state index contributed by atoms with van der Waals surface area (Å²) in [6.07, 6.45) is 2.28. The first-order valence-corrected chi connectivity index (χ1v) is 8.64. The predicted molar refractivity (Wildman–Crippen MR) is 94.2 cm³/mol. The molecule has 25 heavy (non-hydrogen) atoms. The van der Waals surface area contributed by atoms with Crippen molar-refractivity contribution in [2.75, 3.05) is 6.61 Å². The monoisotopic (exact) mass is 359 g/mol. The molecular formula is C17H17N3O4S. The van der Waals surface area contributed by atoms with Crippen LogP contribution in [0, 0.1) is 6.92 Å². The van der Waals surface area contributed by atoms with Crippen molar-refractivity contribution in [3.8, 4) is 5.75 Å². The lowest BCUT2D eigenvalue weighted by Gasteiger charge is -2.07. The number of aromatic hydroxyl groups is 1. The van der Waals surface area contributed by atoms with Gasteiger partial charge >= 0.3 is 12.0 Å². The van der Waals surface area contributed by atoms with Gasteiger partial charge in [0.1, 0.15) is 17.2 Å². The van der Waals surface area contributed by atoms with Crippen molar-refractivity contribution in [3.05, 3.63) is 34.5 Å². The molecule has 0 aliphatic heterocycles. The highest BCUT2D eigenvalue weighted by Crippen LogP contribution is 2.42. The molecule has 1 aromatic carbocycles. The largest absolute Gasteiger partial charge is 0.507 e. The summed E-state index contributed by atoms with van der Waals surface area (Å²) in [6, 6.07) is 3.30. The van der Waals surface area contributed by atoms with Gasteiger partial charge in [0.2, 0.25) is 0 Å². The standard InChI is InChI=1S/C17H17N3O4S/c1-4-10-8-18-17(24-10)20-19-14-12(16(22)23-5-2)7-13(21)11-6-9(3)25-15(11)14/h6-8,21H,4-5H2,1-3H3/b20-19+. The van der Waals surface area contributed by atoms with Crippen molar-refractivity contribution < 1.29 is 19.1 Å². The summed E-state index contributed by atoms with van der Waals surface area (Å²) in [7, 11) is 0. The molecule has 0 fully saturated rings. The molecule has 0 aliphatic carbocycles. The minimum atomic E-state index is -0.568. The number of thiophene rings is 1. The van der Waals surface area contributed by atoms with E-state index in [-0.39, 0.29) is 23.9 Å². The summed E-state index contributed by atoms with van der Waals surface area (Å²) in [5, 5.41) is 19.0. The minimum absolute atomic E-state index is 0.00532. The Bertz CT molecular complexity index is 958. The van der Waals surface area contributed by atoms with Crippen molar-refractivity contribution in [2.45, 2.75) is 27.2 Å². The average Bonchev–Trinajstić information content (AvgIpc) is 3.20. The Kier molecular flexibility index (Phi) is 4.80. The van der Waals surface area contributed by atoms with Gasteiger partial charge in [0, 0.05) is 16.7 Å². The number of oxazole rings is 1. The average molecular weight is 359 g/mol. The Balaban J connectivity index is 2.14. The fourth-order valence-corrected chi connectivity index (χ4v) is 3.37. The van der Waals surface area contributed by atoms with Crippen LogP contribution in [0.2, 0.25) is 0 Å². The number of phenolic OH excluding ortho intramolecular Hbond substituents is 1. The Morgan fingerprint density at radius 3 is 2.84 bits per heavy atom. The number of phenols is 1. The van der Waals surface area contributed by atoms with Crippen molar-refractivity contribution >= 4 is 39.1 Å². The molecule has 2 heterocycles. The maximum Gasteiger partial charge on any atom is 0.341 e. The maximum atomic E-state index is 12.3. The summed E-state index contributed by atoms with van der Waals surface area (Å²) < 4.78 is 11.1. The number of aryl methyl sites for hydroxylation is 2. The molecule has 0 bridgehead atoms. The normalized spacial score (nSPS) is 11.5. The molecule has 7 nitrogen and oxygen atoms in total. The fourth-order valence-electron chi connectivity index (χ4n) is 2.35. The van der Waals surface area contributed by atoms with Crippen LogP contribution in [-0.4, -0.2) is 22.7 Å². The summed E-state index contributed by atoms with van der Waals surface area (Å²) in [6.45, 7) is 5.79. The maximum absolute atomic E-state index is 12.3. The molecule has 0 saturated carbocycles. The number of benzene rings is 1. The van der Waals surface area contributed by atoms with Crippen molar-refractivity contribution in [2.24, 2.45) is 10.2 Å². The van der Waals surface area contributed by atoms with E-state index in [1.54, 1.807) is 13.1 Å². The van der Waals surface area contributed by atoms with Crippen LogP contribution in [0.5, 0.6) is 5.75 Å². The summed E-state index contributed by atoms with van der Waals surface area (Å²) >= 11 is 1.41. The van der Waals surface area contributed by atoms with E-state index >= 15 is 0 Å². The Morgan fingerprint density at radius 2 is 2.16 bits per heavy atom. The number of fused-ring (bicyclic) bond motifs is 1. The molecule has 0 aliphatic rings. The van der Waals surface area contributed by atoms with Gasteiger partial charge in [-0.15, -0.1) is 16.5 Å². The Hall–Kier alpha value is -2.74. The number of rotatable bonds is 5. The Labute approximate surface area is 148 Å².